The van der Waals surface area contributed by atoms with Crippen molar-refractivity contribution in [3.63, 3.8) is 0 Å². The molecule has 1 amide bonds. The van der Waals surface area contributed by atoms with Crippen molar-refractivity contribution in [2.75, 3.05) is 26.7 Å². The Balaban J connectivity index is 0.00000192. The van der Waals surface area contributed by atoms with E-state index in [0.717, 1.165) is 18.7 Å². The van der Waals surface area contributed by atoms with Crippen LogP contribution in [0.1, 0.15) is 12.0 Å². The highest BCUT2D eigenvalue weighted by atomic mass is 35.5. The molecule has 2 aromatic rings. The number of hydrogen-bond donors (Lipinski definition) is 1. The van der Waals surface area contributed by atoms with E-state index in [2.05, 4.69) is 35.6 Å². The predicted octanol–water partition coefficient (Wildman–Crippen LogP) is 2.60. The van der Waals surface area contributed by atoms with Gasteiger partial charge in [0.05, 0.1) is 19.1 Å². The molecule has 2 aromatic carbocycles. The first-order chi connectivity index (χ1) is 10.7. The fourth-order valence-corrected chi connectivity index (χ4v) is 2.80. The number of hydrogen-bond acceptors (Lipinski definition) is 3. The number of carbonyl (C=O) groups is 1. The van der Waals surface area contributed by atoms with Crippen molar-refractivity contribution in [3.05, 3.63) is 48.0 Å². The number of rotatable bonds is 4. The maximum absolute atomic E-state index is 12.3. The summed E-state index contributed by atoms with van der Waals surface area (Å²) in [5.41, 5.74) is 1.15. The second-order valence-corrected chi connectivity index (χ2v) is 5.83. The molecule has 0 aromatic heterocycles. The van der Waals surface area contributed by atoms with E-state index < -0.39 is 0 Å². The molecule has 1 N–H and O–H groups in total. The molecule has 0 radical (unpaired) electrons. The van der Waals surface area contributed by atoms with Gasteiger partial charge in [-0.05, 0) is 22.4 Å². The van der Waals surface area contributed by atoms with Crippen LogP contribution in [0.2, 0.25) is 0 Å². The average molecular weight is 335 g/mol. The van der Waals surface area contributed by atoms with Crippen LogP contribution in [0.25, 0.3) is 10.8 Å². The molecule has 0 aliphatic carbocycles. The van der Waals surface area contributed by atoms with E-state index in [9.17, 15) is 4.79 Å². The molecule has 1 saturated heterocycles. The third kappa shape index (κ3) is 4.67. The molecule has 23 heavy (non-hydrogen) atoms. The van der Waals surface area contributed by atoms with E-state index in [1.54, 1.807) is 4.90 Å². The minimum absolute atomic E-state index is 0. The van der Waals surface area contributed by atoms with E-state index in [0.29, 0.717) is 19.6 Å². The van der Waals surface area contributed by atoms with Gasteiger partial charge in [-0.1, -0.05) is 36.4 Å². The summed E-state index contributed by atoms with van der Waals surface area (Å²) < 4.78 is 5.60. The summed E-state index contributed by atoms with van der Waals surface area (Å²) in [4.78, 5) is 14.1. The summed E-state index contributed by atoms with van der Waals surface area (Å²) >= 11 is 0. The summed E-state index contributed by atoms with van der Waals surface area (Å²) in [5.74, 6) is 0.127. The Morgan fingerprint density at radius 2 is 2.04 bits per heavy atom. The van der Waals surface area contributed by atoms with Crippen molar-refractivity contribution in [3.8, 4) is 0 Å². The highest BCUT2D eigenvalue weighted by molar-refractivity contribution is 5.85. The molecule has 0 spiro atoms. The first kappa shape index (κ1) is 17.7. The number of ether oxygens (including phenoxy) is 1. The molecule has 1 fully saturated rings. The van der Waals surface area contributed by atoms with Crippen LogP contribution >= 0.6 is 12.4 Å². The van der Waals surface area contributed by atoms with Crippen molar-refractivity contribution in [1.29, 1.82) is 0 Å². The van der Waals surface area contributed by atoms with Crippen molar-refractivity contribution in [2.24, 2.45) is 0 Å². The van der Waals surface area contributed by atoms with Crippen LogP contribution in [-0.2, 0) is 16.1 Å². The summed E-state index contributed by atoms with van der Waals surface area (Å²) in [5, 5.41) is 5.69. The van der Waals surface area contributed by atoms with Crippen molar-refractivity contribution in [2.45, 2.75) is 19.1 Å². The Kier molecular flexibility index (Phi) is 6.39. The number of carbonyl (C=O) groups excluding carboxylic acids is 1. The number of nitrogens with one attached hydrogen (secondary N) is 1. The second kappa shape index (κ2) is 8.29. The summed E-state index contributed by atoms with van der Waals surface area (Å²) in [6, 6.07) is 14.6. The lowest BCUT2D eigenvalue weighted by Gasteiger charge is -2.25. The smallest absolute Gasteiger partial charge is 0.225 e. The standard InChI is InChI=1S/C18H22N2O2.ClH/c1-20(18(21)11-17-12-19-8-9-22-17)13-14-6-7-15-4-2-3-5-16(15)10-14;/h2-7,10,17,19H,8-9,11-13H2,1H3;1H. The zero-order valence-electron chi connectivity index (χ0n) is 13.3. The molecule has 1 atom stereocenters. The average Bonchev–Trinajstić information content (AvgIpc) is 2.55. The van der Waals surface area contributed by atoms with Gasteiger partial charge in [0.2, 0.25) is 5.91 Å². The normalized spacial score (nSPS) is 17.5. The van der Waals surface area contributed by atoms with Crippen molar-refractivity contribution in [1.82, 2.24) is 10.2 Å². The molecule has 4 nitrogen and oxygen atoms in total. The molecule has 1 aliphatic heterocycles. The topological polar surface area (TPSA) is 41.6 Å². The van der Waals surface area contributed by atoms with Crippen LogP contribution in [0.15, 0.2) is 42.5 Å². The zero-order chi connectivity index (χ0) is 15.4. The second-order valence-electron chi connectivity index (χ2n) is 5.83. The van der Waals surface area contributed by atoms with Gasteiger partial charge in [-0.3, -0.25) is 4.79 Å². The molecular formula is C18H23ClN2O2. The molecule has 124 valence electrons. The Hall–Kier alpha value is -1.62. The molecule has 1 unspecified atom stereocenters. The molecule has 3 rings (SSSR count). The van der Waals surface area contributed by atoms with E-state index in [1.165, 1.54) is 10.8 Å². The Labute approximate surface area is 143 Å². The lowest BCUT2D eigenvalue weighted by Crippen LogP contribution is -2.41. The molecule has 1 heterocycles. The predicted molar refractivity (Wildman–Crippen MR) is 94.9 cm³/mol. The lowest BCUT2D eigenvalue weighted by atomic mass is 10.1. The van der Waals surface area contributed by atoms with Crippen molar-refractivity contribution >= 4 is 29.1 Å². The van der Waals surface area contributed by atoms with Gasteiger partial charge in [-0.15, -0.1) is 12.4 Å². The van der Waals surface area contributed by atoms with E-state index >= 15 is 0 Å². The Morgan fingerprint density at radius 1 is 1.26 bits per heavy atom. The Morgan fingerprint density at radius 3 is 2.78 bits per heavy atom. The third-order valence-electron chi connectivity index (χ3n) is 4.07. The number of nitrogens with zero attached hydrogens (tertiary/aromatic N) is 1. The van der Waals surface area contributed by atoms with Gasteiger partial charge in [0.25, 0.3) is 0 Å². The third-order valence-corrected chi connectivity index (χ3v) is 4.07. The number of benzene rings is 2. The van der Waals surface area contributed by atoms with Crippen LogP contribution in [0.3, 0.4) is 0 Å². The van der Waals surface area contributed by atoms with Crippen molar-refractivity contribution < 1.29 is 9.53 Å². The van der Waals surface area contributed by atoms with Gasteiger partial charge < -0.3 is 15.0 Å². The fourth-order valence-electron chi connectivity index (χ4n) is 2.80. The minimum Gasteiger partial charge on any atom is -0.375 e. The van der Waals surface area contributed by atoms with Crippen LogP contribution in [0, 0.1) is 0 Å². The first-order valence-electron chi connectivity index (χ1n) is 7.76. The maximum Gasteiger partial charge on any atom is 0.225 e. The highest BCUT2D eigenvalue weighted by Gasteiger charge is 2.19. The van der Waals surface area contributed by atoms with Crippen LogP contribution < -0.4 is 5.32 Å². The van der Waals surface area contributed by atoms with Gasteiger partial charge in [-0.2, -0.15) is 0 Å². The Bertz CT molecular complexity index is 656. The van der Waals surface area contributed by atoms with E-state index in [4.69, 9.17) is 4.74 Å². The lowest BCUT2D eigenvalue weighted by molar-refractivity contribution is -0.133. The van der Waals surface area contributed by atoms with Gasteiger partial charge in [0.15, 0.2) is 0 Å². The number of amides is 1. The zero-order valence-corrected chi connectivity index (χ0v) is 14.1. The molecule has 0 saturated carbocycles. The number of halogens is 1. The number of fused-ring (bicyclic) bond motifs is 1. The molecule has 0 bridgehead atoms. The van der Waals surface area contributed by atoms with Gasteiger partial charge in [0.1, 0.15) is 0 Å². The summed E-state index contributed by atoms with van der Waals surface area (Å²) in [7, 11) is 1.85. The largest absolute Gasteiger partial charge is 0.375 e. The summed E-state index contributed by atoms with van der Waals surface area (Å²) in [6.45, 7) is 2.95. The molecular weight excluding hydrogens is 312 g/mol. The fraction of sp³-hybridized carbons (Fsp3) is 0.389. The van der Waals surface area contributed by atoms with E-state index in [-0.39, 0.29) is 24.4 Å². The van der Waals surface area contributed by atoms with Gasteiger partial charge in [0, 0.05) is 26.7 Å². The minimum atomic E-state index is 0. The quantitative estimate of drug-likeness (QED) is 0.934. The SMILES string of the molecule is CN(Cc1ccc2ccccc2c1)C(=O)CC1CNCCO1.Cl. The molecule has 5 heteroatoms. The monoisotopic (exact) mass is 334 g/mol. The summed E-state index contributed by atoms with van der Waals surface area (Å²) in [6.07, 6.45) is 0.442. The van der Waals surface area contributed by atoms with Gasteiger partial charge in [-0.25, -0.2) is 0 Å². The highest BCUT2D eigenvalue weighted by Crippen LogP contribution is 2.17. The number of morpholine rings is 1. The van der Waals surface area contributed by atoms with Gasteiger partial charge >= 0.3 is 0 Å². The first-order valence-corrected chi connectivity index (χ1v) is 7.76. The maximum atomic E-state index is 12.3. The van der Waals surface area contributed by atoms with Crippen LogP contribution in [0.5, 0.6) is 0 Å². The van der Waals surface area contributed by atoms with Crippen LogP contribution in [-0.4, -0.2) is 43.7 Å². The van der Waals surface area contributed by atoms with E-state index in [1.807, 2.05) is 19.2 Å². The molecule has 1 aliphatic rings. The van der Waals surface area contributed by atoms with Crippen LogP contribution in [0.4, 0.5) is 0 Å².